The Bertz CT molecular complexity index is 1530. The van der Waals surface area contributed by atoms with E-state index in [0.717, 1.165) is 16.5 Å². The van der Waals surface area contributed by atoms with Crippen LogP contribution in [0.25, 0.3) is 27.8 Å². The third-order valence-corrected chi connectivity index (χ3v) is 5.74. The number of benzene rings is 4. The van der Waals surface area contributed by atoms with Crippen LogP contribution in [0.5, 0.6) is 0 Å². The van der Waals surface area contributed by atoms with E-state index in [1.807, 2.05) is 48.7 Å². The fourth-order valence-corrected chi connectivity index (χ4v) is 4.16. The zero-order valence-corrected chi connectivity index (χ0v) is 17.9. The summed E-state index contributed by atoms with van der Waals surface area (Å²) in [5, 5.41) is 15.9. The molecule has 33 heavy (non-hydrogen) atoms. The van der Waals surface area contributed by atoms with Crippen LogP contribution in [-0.4, -0.2) is 10.5 Å². The van der Waals surface area contributed by atoms with Crippen LogP contribution in [0.4, 0.5) is 5.69 Å². The van der Waals surface area contributed by atoms with Crippen LogP contribution in [0.15, 0.2) is 109 Å². The molecule has 158 valence electrons. The van der Waals surface area contributed by atoms with Gasteiger partial charge in [-0.1, -0.05) is 78.9 Å². The van der Waals surface area contributed by atoms with Crippen LogP contribution in [-0.2, 0) is 11.3 Å². The van der Waals surface area contributed by atoms with Crippen LogP contribution >= 0.6 is 0 Å². The number of carbonyl (C=O) groups is 1. The van der Waals surface area contributed by atoms with Crippen LogP contribution < -0.4 is 5.32 Å². The number of nitriles is 1. The summed E-state index contributed by atoms with van der Waals surface area (Å²) in [6, 6.07) is 33.9. The number of amides is 1. The summed E-state index contributed by atoms with van der Waals surface area (Å²) >= 11 is 0. The van der Waals surface area contributed by atoms with E-state index in [1.54, 1.807) is 18.2 Å². The summed E-state index contributed by atoms with van der Waals surface area (Å²) in [6.45, 7) is 0.688. The molecule has 0 unspecified atom stereocenters. The standard InChI is InChI=1S/C29H21N3O/c30-18-23(29(33)31-25-12-2-1-3-13-25)17-24-20-32(28-16-7-6-15-27(24)28)19-22-11-8-10-21-9-4-5-14-26(21)22/h1-17,20H,19H2,(H,31,33)/b23-17-. The molecular formula is C29H21N3O. The number of hydrogen-bond donors (Lipinski definition) is 1. The van der Waals surface area contributed by atoms with Gasteiger partial charge in [0.1, 0.15) is 11.6 Å². The first kappa shape index (κ1) is 20.3. The van der Waals surface area contributed by atoms with Crippen molar-refractivity contribution in [3.63, 3.8) is 0 Å². The molecule has 4 aromatic carbocycles. The van der Waals surface area contributed by atoms with E-state index in [9.17, 15) is 10.1 Å². The monoisotopic (exact) mass is 427 g/mol. The number of aromatic nitrogens is 1. The van der Waals surface area contributed by atoms with Crippen LogP contribution in [0.1, 0.15) is 11.1 Å². The Morgan fingerprint density at radius 1 is 0.848 bits per heavy atom. The summed E-state index contributed by atoms with van der Waals surface area (Å²) in [4.78, 5) is 12.7. The molecule has 1 amide bonds. The number of nitrogens with one attached hydrogen (secondary N) is 1. The molecule has 0 bridgehead atoms. The maximum absolute atomic E-state index is 12.7. The number of hydrogen-bond acceptors (Lipinski definition) is 2. The summed E-state index contributed by atoms with van der Waals surface area (Å²) in [5.41, 5.74) is 3.82. The highest BCUT2D eigenvalue weighted by molar-refractivity contribution is 6.10. The Morgan fingerprint density at radius 2 is 1.55 bits per heavy atom. The normalized spacial score (nSPS) is 11.4. The van der Waals surface area contributed by atoms with Gasteiger partial charge in [0, 0.05) is 34.9 Å². The molecule has 0 spiro atoms. The summed E-state index contributed by atoms with van der Waals surface area (Å²) in [7, 11) is 0. The van der Waals surface area contributed by atoms with Gasteiger partial charge in [0.15, 0.2) is 0 Å². The van der Waals surface area contributed by atoms with Gasteiger partial charge in [0.2, 0.25) is 0 Å². The third kappa shape index (κ3) is 4.13. The second kappa shape index (κ2) is 8.86. The van der Waals surface area contributed by atoms with Gasteiger partial charge in [-0.05, 0) is 40.6 Å². The minimum atomic E-state index is -0.422. The molecule has 1 heterocycles. The molecule has 0 radical (unpaired) electrons. The average molecular weight is 428 g/mol. The smallest absolute Gasteiger partial charge is 0.266 e. The maximum atomic E-state index is 12.7. The molecule has 0 saturated heterocycles. The van der Waals surface area contributed by atoms with Crippen molar-refractivity contribution in [3.8, 4) is 6.07 Å². The van der Waals surface area contributed by atoms with E-state index in [1.165, 1.54) is 16.3 Å². The highest BCUT2D eigenvalue weighted by Gasteiger charge is 2.13. The molecule has 4 heteroatoms. The van der Waals surface area contributed by atoms with E-state index >= 15 is 0 Å². The van der Waals surface area contributed by atoms with Crippen molar-refractivity contribution >= 4 is 39.3 Å². The van der Waals surface area contributed by atoms with Gasteiger partial charge in [-0.3, -0.25) is 4.79 Å². The molecule has 1 aromatic heterocycles. The molecule has 0 saturated carbocycles. The highest BCUT2D eigenvalue weighted by Crippen LogP contribution is 2.27. The van der Waals surface area contributed by atoms with Crippen molar-refractivity contribution in [2.24, 2.45) is 0 Å². The van der Waals surface area contributed by atoms with Crippen molar-refractivity contribution in [3.05, 3.63) is 120 Å². The van der Waals surface area contributed by atoms with E-state index in [0.29, 0.717) is 12.2 Å². The zero-order chi connectivity index (χ0) is 22.6. The summed E-state index contributed by atoms with van der Waals surface area (Å²) in [6.07, 6.45) is 3.68. The second-order valence-electron chi connectivity index (χ2n) is 7.86. The Labute approximate surface area is 192 Å². The molecule has 5 aromatic rings. The molecule has 0 aliphatic carbocycles. The molecule has 0 fully saturated rings. The van der Waals surface area contributed by atoms with Gasteiger partial charge >= 0.3 is 0 Å². The summed E-state index contributed by atoms with van der Waals surface area (Å²) in [5.74, 6) is -0.422. The lowest BCUT2D eigenvalue weighted by molar-refractivity contribution is -0.112. The molecule has 1 N–H and O–H groups in total. The SMILES string of the molecule is N#C/C(=C/c1cn(Cc2cccc3ccccc23)c2ccccc12)C(=O)Nc1ccccc1. The number of carbonyl (C=O) groups excluding carboxylic acids is 1. The van der Waals surface area contributed by atoms with Crippen molar-refractivity contribution < 1.29 is 4.79 Å². The van der Waals surface area contributed by atoms with Gasteiger partial charge in [-0.25, -0.2) is 0 Å². The summed E-state index contributed by atoms with van der Waals surface area (Å²) < 4.78 is 2.17. The van der Waals surface area contributed by atoms with E-state index in [2.05, 4.69) is 58.4 Å². The van der Waals surface area contributed by atoms with Crippen molar-refractivity contribution in [1.29, 1.82) is 5.26 Å². The van der Waals surface area contributed by atoms with Gasteiger partial charge < -0.3 is 9.88 Å². The van der Waals surface area contributed by atoms with Gasteiger partial charge in [0.25, 0.3) is 5.91 Å². The fourth-order valence-electron chi connectivity index (χ4n) is 4.16. The molecule has 0 atom stereocenters. The number of anilines is 1. The first-order valence-corrected chi connectivity index (χ1v) is 10.8. The molecule has 0 aliphatic heterocycles. The highest BCUT2D eigenvalue weighted by atomic mass is 16.1. The number of para-hydroxylation sites is 2. The fraction of sp³-hybridized carbons (Fsp3) is 0.0345. The predicted octanol–water partition coefficient (Wildman–Crippen LogP) is 6.39. The lowest BCUT2D eigenvalue weighted by Gasteiger charge is -2.09. The van der Waals surface area contributed by atoms with Crippen LogP contribution in [0.3, 0.4) is 0 Å². The Kier molecular flexibility index (Phi) is 5.45. The Balaban J connectivity index is 1.53. The number of nitrogens with zero attached hydrogens (tertiary/aromatic N) is 2. The maximum Gasteiger partial charge on any atom is 0.266 e. The second-order valence-corrected chi connectivity index (χ2v) is 7.86. The third-order valence-electron chi connectivity index (χ3n) is 5.74. The Morgan fingerprint density at radius 3 is 2.36 bits per heavy atom. The minimum Gasteiger partial charge on any atom is -0.342 e. The molecular weight excluding hydrogens is 406 g/mol. The van der Waals surface area contributed by atoms with E-state index in [4.69, 9.17) is 0 Å². The molecule has 5 rings (SSSR count). The van der Waals surface area contributed by atoms with Gasteiger partial charge in [-0.2, -0.15) is 5.26 Å². The van der Waals surface area contributed by atoms with Crippen LogP contribution in [0.2, 0.25) is 0 Å². The largest absolute Gasteiger partial charge is 0.342 e. The van der Waals surface area contributed by atoms with E-state index in [-0.39, 0.29) is 5.57 Å². The quantitative estimate of drug-likeness (QED) is 0.261. The predicted molar refractivity (Wildman–Crippen MR) is 134 cm³/mol. The number of fused-ring (bicyclic) bond motifs is 2. The number of rotatable bonds is 5. The minimum absolute atomic E-state index is 0.0620. The molecule has 4 nitrogen and oxygen atoms in total. The topological polar surface area (TPSA) is 57.8 Å². The van der Waals surface area contributed by atoms with Crippen molar-refractivity contribution in [2.75, 3.05) is 5.32 Å². The first-order chi connectivity index (χ1) is 16.2. The van der Waals surface area contributed by atoms with Crippen molar-refractivity contribution in [2.45, 2.75) is 6.54 Å². The zero-order valence-electron chi connectivity index (χ0n) is 17.9. The van der Waals surface area contributed by atoms with Gasteiger partial charge in [-0.15, -0.1) is 0 Å². The lowest BCUT2D eigenvalue weighted by Crippen LogP contribution is -2.13. The van der Waals surface area contributed by atoms with E-state index < -0.39 is 5.91 Å². The van der Waals surface area contributed by atoms with Gasteiger partial charge in [0.05, 0.1) is 0 Å². The first-order valence-electron chi connectivity index (χ1n) is 10.8. The van der Waals surface area contributed by atoms with Crippen LogP contribution in [0, 0.1) is 11.3 Å². The molecule has 0 aliphatic rings. The average Bonchev–Trinajstić information content (AvgIpc) is 3.20. The Hall–Kier alpha value is -4.62. The lowest BCUT2D eigenvalue weighted by atomic mass is 10.0. The van der Waals surface area contributed by atoms with Crippen molar-refractivity contribution in [1.82, 2.24) is 4.57 Å².